The number of thiophene rings is 1. The van der Waals surface area contributed by atoms with Crippen LogP contribution in [0.4, 0.5) is 0 Å². The summed E-state index contributed by atoms with van der Waals surface area (Å²) < 4.78 is 5.40. The molecule has 1 fully saturated rings. The van der Waals surface area contributed by atoms with Gasteiger partial charge in [0.15, 0.2) is 0 Å². The monoisotopic (exact) mass is 280 g/mol. The van der Waals surface area contributed by atoms with Crippen molar-refractivity contribution >= 4 is 17.2 Å². The van der Waals surface area contributed by atoms with E-state index in [1.54, 1.807) is 11.3 Å². The van der Waals surface area contributed by atoms with Crippen LogP contribution in [-0.2, 0) is 9.53 Å². The van der Waals surface area contributed by atoms with E-state index < -0.39 is 0 Å². The fraction of sp³-hybridized carbons (Fsp3) is 0.500. The van der Waals surface area contributed by atoms with Crippen LogP contribution in [0.3, 0.4) is 0 Å². The van der Waals surface area contributed by atoms with Gasteiger partial charge in [0.25, 0.3) is 0 Å². The van der Waals surface area contributed by atoms with Crippen LogP contribution in [0.2, 0.25) is 0 Å². The molecule has 104 valence electrons. The Bertz CT molecular complexity index is 438. The lowest BCUT2D eigenvalue weighted by molar-refractivity contribution is -0.116. The molecule has 1 N–H and O–H groups in total. The smallest absolute Gasteiger partial charge is 0.243 e. The molecule has 0 spiro atoms. The molecule has 1 aromatic rings. The zero-order chi connectivity index (χ0) is 13.7. The first-order chi connectivity index (χ1) is 9.20. The number of hydrogen-bond acceptors (Lipinski definition) is 4. The summed E-state index contributed by atoms with van der Waals surface area (Å²) in [4.78, 5) is 16.3. The van der Waals surface area contributed by atoms with E-state index in [4.69, 9.17) is 4.74 Å². The van der Waals surface area contributed by atoms with E-state index >= 15 is 0 Å². The summed E-state index contributed by atoms with van der Waals surface area (Å²) in [6, 6.07) is 4.51. The fourth-order valence-corrected chi connectivity index (χ4v) is 3.21. The number of amides is 1. The molecule has 1 aliphatic rings. The first-order valence-electron chi connectivity index (χ1n) is 6.49. The normalized spacial score (nSPS) is 17.9. The highest BCUT2D eigenvalue weighted by Gasteiger charge is 2.23. The standard InChI is InChI=1S/C14H20N2O2S/c1-3-14(17)15-10-12(13-5-4-11(2)19-13)16-6-8-18-9-7-16/h3-5,12H,1,6-10H2,2H3,(H,15,17)/t12-/m0/s1. The average Bonchev–Trinajstić information content (AvgIpc) is 2.86. The molecule has 1 aliphatic heterocycles. The van der Waals surface area contributed by atoms with E-state index in [1.807, 2.05) is 0 Å². The third-order valence-electron chi connectivity index (χ3n) is 3.23. The minimum absolute atomic E-state index is 0.119. The van der Waals surface area contributed by atoms with Gasteiger partial charge in [0, 0.05) is 29.4 Å². The molecule has 0 unspecified atom stereocenters. The minimum Gasteiger partial charge on any atom is -0.379 e. The molecule has 1 aromatic heterocycles. The Morgan fingerprint density at radius 3 is 2.89 bits per heavy atom. The van der Waals surface area contributed by atoms with Gasteiger partial charge in [0.1, 0.15) is 0 Å². The molecule has 19 heavy (non-hydrogen) atoms. The van der Waals surface area contributed by atoms with Crippen molar-refractivity contribution in [3.8, 4) is 0 Å². The number of carbonyl (C=O) groups is 1. The van der Waals surface area contributed by atoms with Crippen molar-refractivity contribution in [2.75, 3.05) is 32.8 Å². The second kappa shape index (κ2) is 6.84. The van der Waals surface area contributed by atoms with Crippen molar-refractivity contribution in [2.24, 2.45) is 0 Å². The van der Waals surface area contributed by atoms with Gasteiger partial charge in [-0.2, -0.15) is 0 Å². The maximum atomic E-state index is 11.4. The van der Waals surface area contributed by atoms with E-state index in [9.17, 15) is 4.79 Å². The maximum Gasteiger partial charge on any atom is 0.243 e. The second-order valence-corrected chi connectivity index (χ2v) is 5.88. The number of carbonyl (C=O) groups excluding carboxylic acids is 1. The molecule has 2 heterocycles. The Morgan fingerprint density at radius 2 is 2.32 bits per heavy atom. The van der Waals surface area contributed by atoms with E-state index in [0.29, 0.717) is 6.54 Å². The molecule has 1 atom stereocenters. The summed E-state index contributed by atoms with van der Waals surface area (Å²) in [5, 5.41) is 2.90. The van der Waals surface area contributed by atoms with Crippen LogP contribution in [0.1, 0.15) is 15.8 Å². The van der Waals surface area contributed by atoms with E-state index in [1.165, 1.54) is 15.8 Å². The van der Waals surface area contributed by atoms with Gasteiger partial charge in [-0.15, -0.1) is 11.3 Å². The van der Waals surface area contributed by atoms with Crippen LogP contribution < -0.4 is 5.32 Å². The molecule has 0 saturated carbocycles. The molecule has 5 heteroatoms. The summed E-state index contributed by atoms with van der Waals surface area (Å²) >= 11 is 1.79. The number of rotatable bonds is 5. The minimum atomic E-state index is -0.119. The largest absolute Gasteiger partial charge is 0.379 e. The molecule has 0 aromatic carbocycles. The van der Waals surface area contributed by atoms with E-state index in [0.717, 1.165) is 26.3 Å². The van der Waals surface area contributed by atoms with Crippen molar-refractivity contribution in [3.63, 3.8) is 0 Å². The van der Waals surface area contributed by atoms with Gasteiger partial charge in [0.05, 0.1) is 19.3 Å². The number of hydrogen-bond donors (Lipinski definition) is 1. The molecular weight excluding hydrogens is 260 g/mol. The number of nitrogens with one attached hydrogen (secondary N) is 1. The molecule has 1 saturated heterocycles. The Morgan fingerprint density at radius 1 is 1.58 bits per heavy atom. The zero-order valence-electron chi connectivity index (χ0n) is 11.2. The maximum absolute atomic E-state index is 11.4. The first kappa shape index (κ1) is 14.2. The van der Waals surface area contributed by atoms with Gasteiger partial charge in [-0.05, 0) is 25.1 Å². The highest BCUT2D eigenvalue weighted by Crippen LogP contribution is 2.27. The second-order valence-electron chi connectivity index (χ2n) is 4.56. The topological polar surface area (TPSA) is 41.6 Å². The first-order valence-corrected chi connectivity index (χ1v) is 7.30. The lowest BCUT2D eigenvalue weighted by Crippen LogP contribution is -2.43. The summed E-state index contributed by atoms with van der Waals surface area (Å²) in [7, 11) is 0. The Kier molecular flexibility index (Phi) is 5.13. The van der Waals surface area contributed by atoms with Gasteiger partial charge >= 0.3 is 0 Å². The van der Waals surface area contributed by atoms with Gasteiger partial charge in [-0.25, -0.2) is 0 Å². The van der Waals surface area contributed by atoms with Crippen molar-refractivity contribution < 1.29 is 9.53 Å². The lowest BCUT2D eigenvalue weighted by Gasteiger charge is -2.34. The molecular formula is C14H20N2O2S. The van der Waals surface area contributed by atoms with Crippen molar-refractivity contribution in [3.05, 3.63) is 34.5 Å². The summed E-state index contributed by atoms with van der Waals surface area (Å²) in [6.45, 7) is 9.54. The van der Waals surface area contributed by atoms with Crippen molar-refractivity contribution in [2.45, 2.75) is 13.0 Å². The molecule has 1 amide bonds. The number of ether oxygens (including phenoxy) is 1. The van der Waals surface area contributed by atoms with Gasteiger partial charge in [-0.1, -0.05) is 6.58 Å². The van der Waals surface area contributed by atoms with Gasteiger partial charge in [0.2, 0.25) is 5.91 Å². The Balaban J connectivity index is 2.07. The summed E-state index contributed by atoms with van der Waals surface area (Å²) in [5.74, 6) is -0.119. The van der Waals surface area contributed by atoms with E-state index in [-0.39, 0.29) is 11.9 Å². The third kappa shape index (κ3) is 3.89. The molecule has 0 aliphatic carbocycles. The summed E-state index contributed by atoms with van der Waals surface area (Å²) in [6.07, 6.45) is 1.32. The zero-order valence-corrected chi connectivity index (χ0v) is 12.0. The predicted octanol–water partition coefficient (Wildman–Crippen LogP) is 1.73. The molecule has 4 nitrogen and oxygen atoms in total. The quantitative estimate of drug-likeness (QED) is 0.835. The van der Waals surface area contributed by atoms with Crippen LogP contribution >= 0.6 is 11.3 Å². The van der Waals surface area contributed by atoms with Crippen LogP contribution in [0.5, 0.6) is 0 Å². The van der Waals surface area contributed by atoms with Crippen LogP contribution in [0.25, 0.3) is 0 Å². The predicted molar refractivity (Wildman–Crippen MR) is 77.4 cm³/mol. The lowest BCUT2D eigenvalue weighted by atomic mass is 10.2. The molecule has 2 rings (SSSR count). The SMILES string of the molecule is C=CC(=O)NC[C@@H](c1ccc(C)s1)N1CCOCC1. The fourth-order valence-electron chi connectivity index (χ4n) is 2.20. The molecule has 0 radical (unpaired) electrons. The highest BCUT2D eigenvalue weighted by molar-refractivity contribution is 7.12. The van der Waals surface area contributed by atoms with Crippen LogP contribution in [0.15, 0.2) is 24.8 Å². The average molecular weight is 280 g/mol. The van der Waals surface area contributed by atoms with Gasteiger partial charge in [-0.3, -0.25) is 9.69 Å². The highest BCUT2D eigenvalue weighted by atomic mass is 32.1. The Hall–Kier alpha value is -1.17. The molecule has 0 bridgehead atoms. The number of nitrogens with zero attached hydrogens (tertiary/aromatic N) is 1. The number of aryl methyl sites for hydroxylation is 1. The van der Waals surface area contributed by atoms with Gasteiger partial charge < -0.3 is 10.1 Å². The van der Waals surface area contributed by atoms with Crippen molar-refractivity contribution in [1.29, 1.82) is 0 Å². The van der Waals surface area contributed by atoms with Crippen LogP contribution in [0, 0.1) is 6.92 Å². The van der Waals surface area contributed by atoms with E-state index in [2.05, 4.69) is 35.9 Å². The van der Waals surface area contributed by atoms with Crippen molar-refractivity contribution in [1.82, 2.24) is 10.2 Å². The Labute approximate surface area is 118 Å². The third-order valence-corrected chi connectivity index (χ3v) is 4.33. The number of morpholine rings is 1. The summed E-state index contributed by atoms with van der Waals surface area (Å²) in [5.41, 5.74) is 0. The van der Waals surface area contributed by atoms with Crippen LogP contribution in [-0.4, -0.2) is 43.7 Å².